The first-order chi connectivity index (χ1) is 9.40. The molecular formula is C15H21ClFNO2. The average Bonchev–Trinajstić information content (AvgIpc) is 2.42. The number of esters is 1. The largest absolute Gasteiger partial charge is 0.468 e. The topological polar surface area (TPSA) is 38.3 Å². The predicted molar refractivity (Wildman–Crippen MR) is 78.2 cm³/mol. The Labute approximate surface area is 124 Å². The summed E-state index contributed by atoms with van der Waals surface area (Å²) < 4.78 is 17.9. The number of carbonyl (C=O) groups excluding carboxylic acids is 1. The highest BCUT2D eigenvalue weighted by atomic mass is 35.5. The van der Waals surface area contributed by atoms with Crippen LogP contribution in [0.5, 0.6) is 0 Å². The SMILES string of the molecule is CCC(C)C(NC(C)c1ccc(F)cc1Cl)C(=O)OC. The van der Waals surface area contributed by atoms with Crippen LogP contribution >= 0.6 is 11.6 Å². The van der Waals surface area contributed by atoms with E-state index in [9.17, 15) is 9.18 Å². The Bertz CT molecular complexity index is 467. The molecule has 3 unspecified atom stereocenters. The van der Waals surface area contributed by atoms with E-state index in [0.29, 0.717) is 5.02 Å². The van der Waals surface area contributed by atoms with E-state index in [-0.39, 0.29) is 23.7 Å². The van der Waals surface area contributed by atoms with Crippen molar-refractivity contribution in [2.24, 2.45) is 5.92 Å². The molecule has 0 saturated heterocycles. The number of rotatable bonds is 6. The molecule has 5 heteroatoms. The number of ether oxygens (including phenoxy) is 1. The van der Waals surface area contributed by atoms with E-state index in [1.54, 1.807) is 6.07 Å². The van der Waals surface area contributed by atoms with Gasteiger partial charge in [-0.1, -0.05) is 37.9 Å². The van der Waals surface area contributed by atoms with Crippen LogP contribution in [0.25, 0.3) is 0 Å². The Morgan fingerprint density at radius 3 is 2.60 bits per heavy atom. The fraction of sp³-hybridized carbons (Fsp3) is 0.533. The maximum atomic E-state index is 13.1. The fourth-order valence-corrected chi connectivity index (χ4v) is 2.37. The van der Waals surface area contributed by atoms with Crippen LogP contribution in [0.3, 0.4) is 0 Å². The average molecular weight is 302 g/mol. The second-order valence-corrected chi connectivity index (χ2v) is 5.35. The third kappa shape index (κ3) is 4.18. The van der Waals surface area contributed by atoms with Crippen molar-refractivity contribution in [1.82, 2.24) is 5.32 Å². The van der Waals surface area contributed by atoms with Gasteiger partial charge < -0.3 is 4.74 Å². The summed E-state index contributed by atoms with van der Waals surface area (Å²) in [4.78, 5) is 11.8. The molecule has 1 aromatic rings. The first-order valence-electron chi connectivity index (χ1n) is 6.69. The molecule has 20 heavy (non-hydrogen) atoms. The van der Waals surface area contributed by atoms with Crippen LogP contribution in [0.1, 0.15) is 38.8 Å². The molecule has 3 nitrogen and oxygen atoms in total. The van der Waals surface area contributed by atoms with Crippen molar-refractivity contribution in [2.45, 2.75) is 39.3 Å². The molecule has 0 aliphatic carbocycles. The zero-order chi connectivity index (χ0) is 15.3. The molecule has 0 amide bonds. The quantitative estimate of drug-likeness (QED) is 0.814. The highest BCUT2D eigenvalue weighted by molar-refractivity contribution is 6.31. The standard InChI is InChI=1S/C15H21ClFNO2/c1-5-9(2)14(15(19)20-4)18-10(3)12-7-6-11(17)8-13(12)16/h6-10,14,18H,5H2,1-4H3. The minimum absolute atomic E-state index is 0.129. The monoisotopic (exact) mass is 301 g/mol. The van der Waals surface area contributed by atoms with Crippen molar-refractivity contribution >= 4 is 17.6 Å². The molecule has 0 aromatic heterocycles. The van der Waals surface area contributed by atoms with E-state index in [4.69, 9.17) is 16.3 Å². The van der Waals surface area contributed by atoms with E-state index >= 15 is 0 Å². The molecule has 0 saturated carbocycles. The second kappa shape index (κ2) is 7.60. The van der Waals surface area contributed by atoms with Gasteiger partial charge in [0.05, 0.1) is 7.11 Å². The van der Waals surface area contributed by atoms with Crippen LogP contribution in [0, 0.1) is 11.7 Å². The van der Waals surface area contributed by atoms with Gasteiger partial charge in [0.1, 0.15) is 11.9 Å². The maximum absolute atomic E-state index is 13.1. The zero-order valence-corrected chi connectivity index (χ0v) is 13.0. The fourth-order valence-electron chi connectivity index (χ4n) is 2.04. The van der Waals surface area contributed by atoms with Crippen LogP contribution in [-0.2, 0) is 9.53 Å². The van der Waals surface area contributed by atoms with E-state index in [0.717, 1.165) is 12.0 Å². The molecule has 112 valence electrons. The van der Waals surface area contributed by atoms with Crippen LogP contribution in [0.2, 0.25) is 5.02 Å². The number of hydrogen-bond donors (Lipinski definition) is 1. The lowest BCUT2D eigenvalue weighted by Crippen LogP contribution is -2.43. The molecule has 1 aromatic carbocycles. The molecule has 0 heterocycles. The summed E-state index contributed by atoms with van der Waals surface area (Å²) in [6.45, 7) is 5.88. The molecule has 0 aliphatic heterocycles. The number of hydrogen-bond acceptors (Lipinski definition) is 3. The Morgan fingerprint density at radius 2 is 2.10 bits per heavy atom. The molecule has 3 atom stereocenters. The van der Waals surface area contributed by atoms with Crippen molar-refractivity contribution in [1.29, 1.82) is 0 Å². The number of carbonyl (C=O) groups is 1. The van der Waals surface area contributed by atoms with Gasteiger partial charge in [0.25, 0.3) is 0 Å². The zero-order valence-electron chi connectivity index (χ0n) is 12.2. The molecule has 0 bridgehead atoms. The van der Waals surface area contributed by atoms with Gasteiger partial charge in [0, 0.05) is 11.1 Å². The van der Waals surface area contributed by atoms with E-state index in [1.807, 2.05) is 20.8 Å². The van der Waals surface area contributed by atoms with Crippen LogP contribution in [-0.4, -0.2) is 19.1 Å². The molecular weight excluding hydrogens is 281 g/mol. The third-order valence-electron chi connectivity index (χ3n) is 3.53. The Hall–Kier alpha value is -1.13. The van der Waals surface area contributed by atoms with Gasteiger partial charge in [0.2, 0.25) is 0 Å². The summed E-state index contributed by atoms with van der Waals surface area (Å²) in [7, 11) is 1.37. The second-order valence-electron chi connectivity index (χ2n) is 4.94. The molecule has 1 rings (SSSR count). The van der Waals surface area contributed by atoms with E-state index < -0.39 is 6.04 Å². The van der Waals surface area contributed by atoms with Crippen LogP contribution in [0.4, 0.5) is 4.39 Å². The lowest BCUT2D eigenvalue weighted by molar-refractivity contribution is -0.144. The van der Waals surface area contributed by atoms with Gasteiger partial charge in [-0.3, -0.25) is 10.1 Å². The Kier molecular flexibility index (Phi) is 6.43. The number of methoxy groups -OCH3 is 1. The summed E-state index contributed by atoms with van der Waals surface area (Å²) in [6, 6.07) is 3.66. The predicted octanol–water partition coefficient (Wildman–Crippen LogP) is 3.72. The van der Waals surface area contributed by atoms with E-state index in [1.165, 1.54) is 19.2 Å². The summed E-state index contributed by atoms with van der Waals surface area (Å²) in [6.07, 6.45) is 0.844. The van der Waals surface area contributed by atoms with Crippen molar-refractivity contribution in [2.75, 3.05) is 7.11 Å². The number of halogens is 2. The van der Waals surface area contributed by atoms with Gasteiger partial charge in [-0.2, -0.15) is 0 Å². The van der Waals surface area contributed by atoms with Crippen LogP contribution < -0.4 is 5.32 Å². The lowest BCUT2D eigenvalue weighted by Gasteiger charge is -2.26. The molecule has 0 aliphatic rings. The van der Waals surface area contributed by atoms with Crippen molar-refractivity contribution in [3.05, 3.63) is 34.6 Å². The minimum Gasteiger partial charge on any atom is -0.468 e. The first kappa shape index (κ1) is 16.9. The summed E-state index contributed by atoms with van der Waals surface area (Å²) in [5.74, 6) is -0.550. The van der Waals surface area contributed by atoms with Gasteiger partial charge in [0.15, 0.2) is 0 Å². The van der Waals surface area contributed by atoms with E-state index in [2.05, 4.69) is 5.32 Å². The lowest BCUT2D eigenvalue weighted by atomic mass is 9.97. The first-order valence-corrected chi connectivity index (χ1v) is 7.07. The Balaban J connectivity index is 2.90. The third-order valence-corrected chi connectivity index (χ3v) is 3.85. The normalized spacial score (nSPS) is 15.5. The number of nitrogens with one attached hydrogen (secondary N) is 1. The highest BCUT2D eigenvalue weighted by Crippen LogP contribution is 2.25. The minimum atomic E-state index is -0.416. The molecule has 0 radical (unpaired) electrons. The summed E-state index contributed by atoms with van der Waals surface area (Å²) in [5.41, 5.74) is 0.755. The van der Waals surface area contributed by atoms with Gasteiger partial charge in [-0.25, -0.2) is 4.39 Å². The molecule has 1 N–H and O–H groups in total. The van der Waals surface area contributed by atoms with Crippen molar-refractivity contribution in [3.63, 3.8) is 0 Å². The number of benzene rings is 1. The van der Waals surface area contributed by atoms with Crippen molar-refractivity contribution < 1.29 is 13.9 Å². The van der Waals surface area contributed by atoms with Gasteiger partial charge in [-0.05, 0) is 30.5 Å². The van der Waals surface area contributed by atoms with Gasteiger partial charge in [-0.15, -0.1) is 0 Å². The maximum Gasteiger partial charge on any atom is 0.323 e. The molecule has 0 spiro atoms. The van der Waals surface area contributed by atoms with Gasteiger partial charge >= 0.3 is 5.97 Å². The molecule has 0 fully saturated rings. The highest BCUT2D eigenvalue weighted by Gasteiger charge is 2.27. The Morgan fingerprint density at radius 1 is 1.45 bits per heavy atom. The summed E-state index contributed by atoms with van der Waals surface area (Å²) in [5, 5.41) is 3.56. The van der Waals surface area contributed by atoms with Crippen LogP contribution in [0.15, 0.2) is 18.2 Å². The summed E-state index contributed by atoms with van der Waals surface area (Å²) >= 11 is 6.04. The smallest absolute Gasteiger partial charge is 0.323 e. The van der Waals surface area contributed by atoms with Crippen molar-refractivity contribution in [3.8, 4) is 0 Å².